The maximum absolute atomic E-state index is 12.6. The summed E-state index contributed by atoms with van der Waals surface area (Å²) < 4.78 is 5.64. The predicted molar refractivity (Wildman–Crippen MR) is 114 cm³/mol. The Kier molecular flexibility index (Phi) is 6.20. The number of hydrogen-bond acceptors (Lipinski definition) is 3. The number of carbonyl (C=O) groups is 1. The fourth-order valence-corrected chi connectivity index (χ4v) is 3.83. The maximum Gasteiger partial charge on any atom is 0.260 e. The smallest absolute Gasteiger partial charge is 0.260 e. The van der Waals surface area contributed by atoms with Gasteiger partial charge in [0.25, 0.3) is 5.91 Å². The molecule has 0 saturated carbocycles. The van der Waals surface area contributed by atoms with E-state index in [1.165, 1.54) is 5.56 Å². The number of likely N-dealkylation sites (tertiary alicyclic amines) is 1. The number of pyridine rings is 1. The summed E-state index contributed by atoms with van der Waals surface area (Å²) in [5.41, 5.74) is 3.42. The van der Waals surface area contributed by atoms with E-state index in [9.17, 15) is 4.79 Å². The maximum atomic E-state index is 12.6. The molecular weight excluding hydrogens is 360 g/mol. The minimum atomic E-state index is 0.0407. The van der Waals surface area contributed by atoms with Crippen molar-refractivity contribution in [1.29, 1.82) is 0 Å². The molecule has 4 rings (SSSR count). The van der Waals surface area contributed by atoms with Crippen LogP contribution in [0.1, 0.15) is 35.7 Å². The van der Waals surface area contributed by atoms with Crippen molar-refractivity contribution in [2.45, 2.75) is 25.2 Å². The van der Waals surface area contributed by atoms with E-state index < -0.39 is 0 Å². The van der Waals surface area contributed by atoms with Crippen molar-refractivity contribution in [2.24, 2.45) is 0 Å². The van der Waals surface area contributed by atoms with Gasteiger partial charge in [0.15, 0.2) is 6.61 Å². The van der Waals surface area contributed by atoms with Crippen molar-refractivity contribution in [2.75, 3.05) is 19.7 Å². The fourth-order valence-electron chi connectivity index (χ4n) is 3.83. The first-order valence-corrected chi connectivity index (χ1v) is 10.2. The third kappa shape index (κ3) is 5.23. The molecule has 1 atom stereocenters. The third-order valence-corrected chi connectivity index (χ3v) is 5.35. The molecule has 4 nitrogen and oxygen atoms in total. The summed E-state index contributed by atoms with van der Waals surface area (Å²) in [6, 6.07) is 26.1. The summed E-state index contributed by atoms with van der Waals surface area (Å²) in [5.74, 6) is 1.05. The topological polar surface area (TPSA) is 42.4 Å². The van der Waals surface area contributed by atoms with Crippen LogP contribution in [-0.4, -0.2) is 35.5 Å². The van der Waals surface area contributed by atoms with E-state index in [-0.39, 0.29) is 18.4 Å². The zero-order valence-corrected chi connectivity index (χ0v) is 16.5. The highest BCUT2D eigenvalue weighted by atomic mass is 16.5. The molecule has 1 fully saturated rings. The molecular formula is C25H26N2O2. The second kappa shape index (κ2) is 9.37. The van der Waals surface area contributed by atoms with E-state index in [1.807, 2.05) is 41.3 Å². The highest BCUT2D eigenvalue weighted by Crippen LogP contribution is 2.26. The van der Waals surface area contributed by atoms with Crippen LogP contribution in [0.2, 0.25) is 0 Å². The molecule has 1 aliphatic heterocycles. The summed E-state index contributed by atoms with van der Waals surface area (Å²) in [6.07, 6.45) is 2.88. The molecule has 4 heteroatoms. The van der Waals surface area contributed by atoms with E-state index >= 15 is 0 Å². The van der Waals surface area contributed by atoms with Gasteiger partial charge in [-0.1, -0.05) is 54.6 Å². The Balaban J connectivity index is 1.38. The van der Waals surface area contributed by atoms with E-state index in [0.29, 0.717) is 6.54 Å². The Hall–Kier alpha value is -3.14. The van der Waals surface area contributed by atoms with Gasteiger partial charge in [-0.05, 0) is 42.7 Å². The van der Waals surface area contributed by atoms with Gasteiger partial charge in [0.1, 0.15) is 5.75 Å². The van der Waals surface area contributed by atoms with Crippen molar-refractivity contribution < 1.29 is 9.53 Å². The predicted octanol–water partition coefficient (Wildman–Crippen LogP) is 4.46. The standard InChI is InChI=1S/C25H26N2O2/c28-25(19-29-23-13-5-2-6-14-23)27-16-8-11-21(18-27)24-15-7-12-22(26-24)17-20-9-3-1-4-10-20/h1-7,9-10,12-15,21H,8,11,16-19H2/t21-/m0/s1. The van der Waals surface area contributed by atoms with Crippen LogP contribution in [0.15, 0.2) is 78.9 Å². The molecule has 2 aromatic carbocycles. The van der Waals surface area contributed by atoms with Gasteiger partial charge >= 0.3 is 0 Å². The molecule has 0 radical (unpaired) electrons. The zero-order valence-electron chi connectivity index (χ0n) is 16.5. The van der Waals surface area contributed by atoms with E-state index in [2.05, 4.69) is 42.5 Å². The summed E-state index contributed by atoms with van der Waals surface area (Å²) in [6.45, 7) is 1.58. The number of piperidine rings is 1. The summed E-state index contributed by atoms with van der Waals surface area (Å²) in [7, 11) is 0. The Morgan fingerprint density at radius 3 is 2.52 bits per heavy atom. The summed E-state index contributed by atoms with van der Waals surface area (Å²) in [4.78, 5) is 19.5. The molecule has 1 aliphatic rings. The second-order valence-electron chi connectivity index (χ2n) is 7.50. The van der Waals surface area contributed by atoms with Gasteiger partial charge < -0.3 is 9.64 Å². The van der Waals surface area contributed by atoms with Gasteiger partial charge in [-0.3, -0.25) is 9.78 Å². The second-order valence-corrected chi connectivity index (χ2v) is 7.50. The molecule has 0 aliphatic carbocycles. The molecule has 1 aromatic heterocycles. The summed E-state index contributed by atoms with van der Waals surface area (Å²) >= 11 is 0. The highest BCUT2D eigenvalue weighted by Gasteiger charge is 2.26. The number of benzene rings is 2. The van der Waals surface area contributed by atoms with Crippen LogP contribution in [0, 0.1) is 0 Å². The SMILES string of the molecule is O=C(COc1ccccc1)N1CCC[C@H](c2cccc(Cc3ccccc3)n2)C1. The van der Waals surface area contributed by atoms with Crippen LogP contribution in [0.25, 0.3) is 0 Å². The lowest BCUT2D eigenvalue weighted by Crippen LogP contribution is -2.41. The average molecular weight is 386 g/mol. The Morgan fingerprint density at radius 1 is 0.966 bits per heavy atom. The first-order valence-electron chi connectivity index (χ1n) is 10.2. The minimum Gasteiger partial charge on any atom is -0.484 e. The van der Waals surface area contributed by atoms with E-state index in [0.717, 1.165) is 42.9 Å². The Labute approximate surface area is 172 Å². The average Bonchev–Trinajstić information content (AvgIpc) is 2.79. The number of ether oxygens (including phenoxy) is 1. The van der Waals surface area contributed by atoms with Gasteiger partial charge in [-0.15, -0.1) is 0 Å². The molecule has 1 amide bonds. The Bertz CT molecular complexity index is 928. The van der Waals surface area contributed by atoms with Crippen LogP contribution >= 0.6 is 0 Å². The number of para-hydroxylation sites is 1. The van der Waals surface area contributed by atoms with Crippen molar-refractivity contribution in [3.8, 4) is 5.75 Å². The largest absolute Gasteiger partial charge is 0.484 e. The van der Waals surface area contributed by atoms with Gasteiger partial charge in [0.2, 0.25) is 0 Å². The number of aromatic nitrogens is 1. The van der Waals surface area contributed by atoms with E-state index in [4.69, 9.17) is 9.72 Å². The van der Waals surface area contributed by atoms with Crippen LogP contribution in [-0.2, 0) is 11.2 Å². The molecule has 148 valence electrons. The molecule has 2 heterocycles. The number of nitrogens with zero attached hydrogens (tertiary/aromatic N) is 2. The monoisotopic (exact) mass is 386 g/mol. The van der Waals surface area contributed by atoms with Crippen molar-refractivity contribution >= 4 is 5.91 Å². The number of carbonyl (C=O) groups excluding carboxylic acids is 1. The molecule has 0 unspecified atom stereocenters. The number of hydrogen-bond donors (Lipinski definition) is 0. The zero-order chi connectivity index (χ0) is 19.9. The van der Waals surface area contributed by atoms with Crippen LogP contribution < -0.4 is 4.74 Å². The molecule has 0 bridgehead atoms. The summed E-state index contributed by atoms with van der Waals surface area (Å²) in [5, 5.41) is 0. The lowest BCUT2D eigenvalue weighted by atomic mass is 9.94. The molecule has 0 N–H and O–H groups in total. The fraction of sp³-hybridized carbons (Fsp3) is 0.280. The minimum absolute atomic E-state index is 0.0407. The van der Waals surface area contributed by atoms with Crippen LogP contribution in [0.3, 0.4) is 0 Å². The highest BCUT2D eigenvalue weighted by molar-refractivity contribution is 5.78. The molecule has 29 heavy (non-hydrogen) atoms. The third-order valence-electron chi connectivity index (χ3n) is 5.35. The van der Waals surface area contributed by atoms with E-state index in [1.54, 1.807) is 0 Å². The molecule has 1 saturated heterocycles. The van der Waals surface area contributed by atoms with Crippen molar-refractivity contribution in [3.63, 3.8) is 0 Å². The lowest BCUT2D eigenvalue weighted by Gasteiger charge is -2.32. The van der Waals surface area contributed by atoms with Gasteiger partial charge in [-0.2, -0.15) is 0 Å². The molecule has 3 aromatic rings. The number of amides is 1. The van der Waals surface area contributed by atoms with Gasteiger partial charge in [0, 0.05) is 36.8 Å². The van der Waals surface area contributed by atoms with Crippen LogP contribution in [0.5, 0.6) is 5.75 Å². The van der Waals surface area contributed by atoms with Gasteiger partial charge in [-0.25, -0.2) is 0 Å². The van der Waals surface area contributed by atoms with Gasteiger partial charge in [0.05, 0.1) is 0 Å². The normalized spacial score (nSPS) is 16.4. The first kappa shape index (κ1) is 19.2. The lowest BCUT2D eigenvalue weighted by molar-refractivity contribution is -0.134. The van der Waals surface area contributed by atoms with Crippen LogP contribution in [0.4, 0.5) is 0 Å². The first-order chi connectivity index (χ1) is 14.3. The number of rotatable bonds is 6. The quantitative estimate of drug-likeness (QED) is 0.628. The van der Waals surface area contributed by atoms with Crippen molar-refractivity contribution in [3.05, 3.63) is 95.8 Å². The molecule has 0 spiro atoms. The van der Waals surface area contributed by atoms with Crippen molar-refractivity contribution in [1.82, 2.24) is 9.88 Å². The Morgan fingerprint density at radius 2 is 1.72 bits per heavy atom.